The second kappa shape index (κ2) is 7.01. The maximum absolute atomic E-state index is 6.40. The van der Waals surface area contributed by atoms with Crippen molar-refractivity contribution in [2.24, 2.45) is 0 Å². The minimum absolute atomic E-state index is 0.114. The van der Waals surface area contributed by atoms with Crippen molar-refractivity contribution >= 4 is 34.4 Å². The first-order valence-corrected chi connectivity index (χ1v) is 8.00. The van der Waals surface area contributed by atoms with Crippen LogP contribution in [0.25, 0.3) is 11.0 Å². The van der Waals surface area contributed by atoms with Crippen LogP contribution in [-0.2, 0) is 16.2 Å². The molecule has 0 atom stereocenters. The van der Waals surface area contributed by atoms with Crippen LogP contribution in [0.3, 0.4) is 0 Å². The summed E-state index contributed by atoms with van der Waals surface area (Å²) in [5.41, 5.74) is 1.91. The number of nitrogens with zero attached hydrogens (tertiary/aromatic N) is 2. The Morgan fingerprint density at radius 3 is 2.71 bits per heavy atom. The number of imidazole rings is 1. The van der Waals surface area contributed by atoms with Crippen molar-refractivity contribution in [3.63, 3.8) is 0 Å². The molecular formula is C15H21ClN2O2S. The maximum Gasteiger partial charge on any atom is 0.124 e. The molecule has 0 saturated carbocycles. The summed E-state index contributed by atoms with van der Waals surface area (Å²) in [6, 6.07) is 4.00. The van der Waals surface area contributed by atoms with Gasteiger partial charge in [-0.15, -0.1) is 11.8 Å². The predicted molar refractivity (Wildman–Crippen MR) is 88.2 cm³/mol. The lowest BCUT2D eigenvalue weighted by atomic mass is 10.3. The van der Waals surface area contributed by atoms with E-state index >= 15 is 0 Å². The summed E-state index contributed by atoms with van der Waals surface area (Å²) in [5.74, 6) is 0. The van der Waals surface area contributed by atoms with Crippen LogP contribution in [0.15, 0.2) is 23.4 Å². The molecule has 0 bridgehead atoms. The smallest absolute Gasteiger partial charge is 0.124 e. The molecule has 0 radical (unpaired) electrons. The molecule has 0 aliphatic heterocycles. The fourth-order valence-electron chi connectivity index (χ4n) is 1.88. The van der Waals surface area contributed by atoms with Gasteiger partial charge in [-0.2, -0.15) is 0 Å². The Kier molecular flexibility index (Phi) is 5.54. The van der Waals surface area contributed by atoms with Gasteiger partial charge >= 0.3 is 0 Å². The lowest BCUT2D eigenvalue weighted by Crippen LogP contribution is -2.07. The third kappa shape index (κ3) is 4.61. The summed E-state index contributed by atoms with van der Waals surface area (Å²) >= 11 is 8.15. The molecule has 0 aliphatic rings. The van der Waals surface area contributed by atoms with E-state index < -0.39 is 0 Å². The average Bonchev–Trinajstić information content (AvgIpc) is 2.76. The number of hydrogen-bond donors (Lipinski definition) is 0. The lowest BCUT2D eigenvalue weighted by Gasteiger charge is -2.18. The minimum Gasteiger partial charge on any atom is -0.382 e. The number of fused-ring (bicyclic) bond motifs is 1. The van der Waals surface area contributed by atoms with Crippen LogP contribution in [0.1, 0.15) is 20.8 Å². The molecule has 1 aromatic carbocycles. The van der Waals surface area contributed by atoms with Gasteiger partial charge < -0.3 is 14.0 Å². The summed E-state index contributed by atoms with van der Waals surface area (Å²) < 4.78 is 12.5. The van der Waals surface area contributed by atoms with Crippen molar-refractivity contribution in [2.75, 3.05) is 20.3 Å². The van der Waals surface area contributed by atoms with Crippen molar-refractivity contribution in [1.82, 2.24) is 9.55 Å². The Bertz CT molecular complexity index is 607. The molecule has 21 heavy (non-hydrogen) atoms. The van der Waals surface area contributed by atoms with Crippen molar-refractivity contribution in [1.29, 1.82) is 0 Å². The number of aromatic nitrogens is 2. The van der Waals surface area contributed by atoms with Gasteiger partial charge in [0.25, 0.3) is 0 Å². The highest BCUT2D eigenvalue weighted by Crippen LogP contribution is 2.38. The Morgan fingerprint density at radius 1 is 1.29 bits per heavy atom. The largest absolute Gasteiger partial charge is 0.382 e. The second-order valence-electron chi connectivity index (χ2n) is 5.73. The molecule has 6 heteroatoms. The summed E-state index contributed by atoms with van der Waals surface area (Å²) in [4.78, 5) is 5.49. The zero-order valence-electron chi connectivity index (χ0n) is 12.9. The average molecular weight is 329 g/mol. The number of hydrogen-bond acceptors (Lipinski definition) is 4. The Balaban J connectivity index is 2.19. The number of thioether (sulfide) groups is 1. The molecule has 0 unspecified atom stereocenters. The van der Waals surface area contributed by atoms with Gasteiger partial charge in [0.15, 0.2) is 0 Å². The van der Waals surface area contributed by atoms with Crippen LogP contribution < -0.4 is 0 Å². The molecular weight excluding hydrogens is 308 g/mol. The number of halogens is 1. The van der Waals surface area contributed by atoms with Crippen molar-refractivity contribution < 1.29 is 9.47 Å². The third-order valence-electron chi connectivity index (χ3n) is 2.75. The van der Waals surface area contributed by atoms with Gasteiger partial charge in [0.1, 0.15) is 6.73 Å². The van der Waals surface area contributed by atoms with Gasteiger partial charge in [-0.25, -0.2) is 4.98 Å². The molecule has 1 aromatic heterocycles. The zero-order valence-corrected chi connectivity index (χ0v) is 14.4. The van der Waals surface area contributed by atoms with Crippen LogP contribution in [0.4, 0.5) is 0 Å². The van der Waals surface area contributed by atoms with E-state index in [0.29, 0.717) is 19.9 Å². The quantitative estimate of drug-likeness (QED) is 0.588. The van der Waals surface area contributed by atoms with Crippen LogP contribution in [-0.4, -0.2) is 34.6 Å². The molecule has 0 saturated heterocycles. The molecule has 0 fully saturated rings. The molecule has 1 heterocycles. The first kappa shape index (κ1) is 16.6. The fourth-order valence-corrected chi connectivity index (χ4v) is 3.14. The molecule has 4 nitrogen and oxygen atoms in total. The van der Waals surface area contributed by atoms with E-state index in [0.717, 1.165) is 21.0 Å². The molecule has 0 N–H and O–H groups in total. The summed E-state index contributed by atoms with van der Waals surface area (Å²) in [6.45, 7) is 8.09. The molecule has 0 amide bonds. The van der Waals surface area contributed by atoms with Crippen LogP contribution in [0.2, 0.25) is 5.02 Å². The standard InChI is InChI=1S/C15H21ClN2O2S/c1-15(2,3)21-14-8-12-13(7-11(14)16)18(9-17-12)10-20-6-5-19-4/h7-9H,5-6,10H2,1-4H3. The molecule has 0 spiro atoms. The van der Waals surface area contributed by atoms with Gasteiger partial charge in [0.2, 0.25) is 0 Å². The van der Waals surface area contributed by atoms with Crippen molar-refractivity contribution in [3.8, 4) is 0 Å². The SMILES string of the molecule is COCCOCn1cnc2cc(SC(C)(C)C)c(Cl)cc21. The monoisotopic (exact) mass is 328 g/mol. The highest BCUT2D eigenvalue weighted by atomic mass is 35.5. The molecule has 2 rings (SSSR count). The van der Waals surface area contributed by atoms with E-state index in [1.165, 1.54) is 0 Å². The topological polar surface area (TPSA) is 36.3 Å². The molecule has 2 aromatic rings. The fraction of sp³-hybridized carbons (Fsp3) is 0.533. The van der Waals surface area contributed by atoms with E-state index in [1.54, 1.807) is 25.2 Å². The number of benzene rings is 1. The van der Waals surface area contributed by atoms with E-state index in [-0.39, 0.29) is 4.75 Å². The minimum atomic E-state index is 0.114. The summed E-state index contributed by atoms with van der Waals surface area (Å²) in [5, 5.41) is 0.751. The van der Waals surface area contributed by atoms with Gasteiger partial charge in [0, 0.05) is 16.8 Å². The van der Waals surface area contributed by atoms with Crippen molar-refractivity contribution in [3.05, 3.63) is 23.5 Å². The summed E-state index contributed by atoms with van der Waals surface area (Å²) in [6.07, 6.45) is 1.78. The molecule has 0 aliphatic carbocycles. The van der Waals surface area contributed by atoms with Crippen molar-refractivity contribution in [2.45, 2.75) is 37.1 Å². The first-order valence-electron chi connectivity index (χ1n) is 6.81. The number of methoxy groups -OCH3 is 1. The van der Waals surface area contributed by atoms with Gasteiger partial charge in [0.05, 0.1) is 35.6 Å². The zero-order chi connectivity index (χ0) is 15.5. The first-order chi connectivity index (χ1) is 9.90. The predicted octanol–water partition coefficient (Wildman–Crippen LogP) is 4.20. The number of rotatable bonds is 6. The highest BCUT2D eigenvalue weighted by molar-refractivity contribution is 8.00. The van der Waals surface area contributed by atoms with Crippen LogP contribution >= 0.6 is 23.4 Å². The molecule has 116 valence electrons. The van der Waals surface area contributed by atoms with E-state index in [2.05, 4.69) is 25.8 Å². The van der Waals surface area contributed by atoms with Gasteiger partial charge in [-0.3, -0.25) is 0 Å². The highest BCUT2D eigenvalue weighted by Gasteiger charge is 2.16. The number of ether oxygens (including phenoxy) is 2. The lowest BCUT2D eigenvalue weighted by molar-refractivity contribution is 0.0358. The van der Waals surface area contributed by atoms with E-state index in [9.17, 15) is 0 Å². The second-order valence-corrected chi connectivity index (χ2v) is 8.01. The van der Waals surface area contributed by atoms with Crippen LogP contribution in [0.5, 0.6) is 0 Å². The Labute approximate surface area is 134 Å². The third-order valence-corrected chi connectivity index (χ3v) is 4.35. The maximum atomic E-state index is 6.40. The van der Waals surface area contributed by atoms with Gasteiger partial charge in [-0.1, -0.05) is 32.4 Å². The van der Waals surface area contributed by atoms with Crippen LogP contribution in [0, 0.1) is 0 Å². The van der Waals surface area contributed by atoms with Gasteiger partial charge in [-0.05, 0) is 12.1 Å². The Hall–Kier alpha value is -0.750. The summed E-state index contributed by atoms with van der Waals surface area (Å²) in [7, 11) is 1.66. The normalized spacial score (nSPS) is 12.2. The Morgan fingerprint density at radius 2 is 2.05 bits per heavy atom. The van der Waals surface area contributed by atoms with E-state index in [1.807, 2.05) is 16.7 Å². The van der Waals surface area contributed by atoms with E-state index in [4.69, 9.17) is 21.1 Å².